The fraction of sp³-hybridized carbons (Fsp3) is 0.0968. The minimum Gasteiger partial charge on any atom is -0.489 e. The van der Waals surface area contributed by atoms with Crippen LogP contribution in [0.4, 0.5) is 5.69 Å². The number of anilines is 1. The number of nitrogens with zero attached hydrogens (tertiary/aromatic N) is 1. The molecule has 0 heterocycles. The maximum atomic E-state index is 12.8. The summed E-state index contributed by atoms with van der Waals surface area (Å²) in [5.41, 5.74) is 4.46. The third-order valence-corrected chi connectivity index (χ3v) is 6.06. The highest BCUT2D eigenvalue weighted by molar-refractivity contribution is 9.10. The van der Waals surface area contributed by atoms with Gasteiger partial charge in [0.05, 0.1) is 0 Å². The second kappa shape index (κ2) is 12.6. The van der Waals surface area contributed by atoms with E-state index in [0.717, 1.165) is 15.6 Å². The standard InChI is InChI=1S/C31H25BrN2O3/c1-22-6-8-23(9-7-22)20-36-29-16-14-28(15-17-29)34-31(35)26(19-33)18-25-4-2-3-5-30(25)37-21-24-10-12-27(32)13-11-24/h2-18H,20-21H2,1H3,(H,34,35)/b26-18+. The van der Waals surface area contributed by atoms with Crippen molar-refractivity contribution in [1.29, 1.82) is 5.26 Å². The van der Waals surface area contributed by atoms with E-state index in [1.54, 1.807) is 24.3 Å². The Morgan fingerprint density at radius 3 is 2.16 bits per heavy atom. The first-order valence-electron chi connectivity index (χ1n) is 11.7. The van der Waals surface area contributed by atoms with Crippen molar-refractivity contribution in [2.75, 3.05) is 5.32 Å². The molecular weight excluding hydrogens is 528 g/mol. The number of nitrogens with one attached hydrogen (secondary N) is 1. The Balaban J connectivity index is 1.38. The van der Waals surface area contributed by atoms with Crippen LogP contribution in [0.25, 0.3) is 6.08 Å². The third kappa shape index (κ3) is 7.57. The molecule has 0 radical (unpaired) electrons. The lowest BCUT2D eigenvalue weighted by atomic mass is 10.1. The number of para-hydroxylation sites is 1. The average Bonchev–Trinajstić information content (AvgIpc) is 2.92. The second-order valence-electron chi connectivity index (χ2n) is 8.38. The van der Waals surface area contributed by atoms with Gasteiger partial charge < -0.3 is 14.8 Å². The Morgan fingerprint density at radius 1 is 0.865 bits per heavy atom. The fourth-order valence-electron chi connectivity index (χ4n) is 3.46. The van der Waals surface area contributed by atoms with Gasteiger partial charge >= 0.3 is 0 Å². The van der Waals surface area contributed by atoms with E-state index in [-0.39, 0.29) is 5.57 Å². The Kier molecular flexibility index (Phi) is 8.75. The van der Waals surface area contributed by atoms with Crippen molar-refractivity contribution in [2.45, 2.75) is 20.1 Å². The number of hydrogen-bond donors (Lipinski definition) is 1. The molecule has 1 N–H and O–H groups in total. The van der Waals surface area contributed by atoms with Crippen LogP contribution in [0.1, 0.15) is 22.3 Å². The Bertz CT molecular complexity index is 1420. The highest BCUT2D eigenvalue weighted by atomic mass is 79.9. The van der Waals surface area contributed by atoms with Crippen molar-refractivity contribution in [3.05, 3.63) is 129 Å². The normalized spacial score (nSPS) is 10.9. The summed E-state index contributed by atoms with van der Waals surface area (Å²) in [7, 11) is 0. The first-order chi connectivity index (χ1) is 18.0. The van der Waals surface area contributed by atoms with Crippen molar-refractivity contribution in [3.8, 4) is 17.6 Å². The summed E-state index contributed by atoms with van der Waals surface area (Å²) in [6, 6.07) is 32.3. The van der Waals surface area contributed by atoms with E-state index in [9.17, 15) is 10.1 Å². The van der Waals surface area contributed by atoms with E-state index < -0.39 is 5.91 Å². The molecular formula is C31H25BrN2O3. The maximum absolute atomic E-state index is 12.8. The highest BCUT2D eigenvalue weighted by Gasteiger charge is 2.12. The van der Waals surface area contributed by atoms with Crippen LogP contribution in [0.3, 0.4) is 0 Å². The smallest absolute Gasteiger partial charge is 0.266 e. The topological polar surface area (TPSA) is 71.3 Å². The summed E-state index contributed by atoms with van der Waals surface area (Å²) in [6.07, 6.45) is 1.53. The van der Waals surface area contributed by atoms with Crippen LogP contribution in [0.2, 0.25) is 0 Å². The van der Waals surface area contributed by atoms with Crippen molar-refractivity contribution < 1.29 is 14.3 Å². The van der Waals surface area contributed by atoms with Gasteiger partial charge in [0.2, 0.25) is 0 Å². The van der Waals surface area contributed by atoms with Gasteiger partial charge in [0.25, 0.3) is 5.91 Å². The van der Waals surface area contributed by atoms with Gasteiger partial charge in [-0.05, 0) is 66.6 Å². The fourth-order valence-corrected chi connectivity index (χ4v) is 3.73. The second-order valence-corrected chi connectivity index (χ2v) is 9.29. The van der Waals surface area contributed by atoms with Crippen LogP contribution in [0.5, 0.6) is 11.5 Å². The van der Waals surface area contributed by atoms with Crippen molar-refractivity contribution >= 4 is 33.6 Å². The molecule has 37 heavy (non-hydrogen) atoms. The van der Waals surface area contributed by atoms with Gasteiger partial charge in [-0.1, -0.05) is 76.1 Å². The molecule has 184 valence electrons. The quantitative estimate of drug-likeness (QED) is 0.173. The molecule has 0 aromatic heterocycles. The van der Waals surface area contributed by atoms with Gasteiger partial charge in [-0.2, -0.15) is 5.26 Å². The van der Waals surface area contributed by atoms with Gasteiger partial charge in [0, 0.05) is 15.7 Å². The zero-order chi connectivity index (χ0) is 26.0. The van der Waals surface area contributed by atoms with Crippen LogP contribution in [-0.2, 0) is 18.0 Å². The predicted molar refractivity (Wildman–Crippen MR) is 149 cm³/mol. The van der Waals surface area contributed by atoms with Gasteiger partial charge in [-0.25, -0.2) is 0 Å². The summed E-state index contributed by atoms with van der Waals surface area (Å²) in [5, 5.41) is 12.4. The number of aryl methyl sites for hydroxylation is 1. The molecule has 4 aromatic carbocycles. The Morgan fingerprint density at radius 2 is 1.49 bits per heavy atom. The zero-order valence-corrected chi connectivity index (χ0v) is 21.9. The van der Waals surface area contributed by atoms with Gasteiger partial charge in [-0.3, -0.25) is 4.79 Å². The lowest BCUT2D eigenvalue weighted by molar-refractivity contribution is -0.112. The van der Waals surface area contributed by atoms with Crippen LogP contribution >= 0.6 is 15.9 Å². The van der Waals surface area contributed by atoms with Gasteiger partial charge in [-0.15, -0.1) is 0 Å². The molecule has 0 saturated carbocycles. The van der Waals surface area contributed by atoms with Crippen LogP contribution in [0.15, 0.2) is 107 Å². The van der Waals surface area contributed by atoms with Crippen molar-refractivity contribution in [3.63, 3.8) is 0 Å². The summed E-state index contributed by atoms with van der Waals surface area (Å²) in [5.74, 6) is 0.769. The molecule has 0 aliphatic carbocycles. The Hall–Kier alpha value is -4.34. The molecule has 0 aliphatic heterocycles. The molecule has 1 amide bonds. The minimum absolute atomic E-state index is 0.0283. The number of carbonyl (C=O) groups excluding carboxylic acids is 1. The molecule has 0 spiro atoms. The molecule has 0 saturated heterocycles. The third-order valence-electron chi connectivity index (χ3n) is 5.53. The highest BCUT2D eigenvalue weighted by Crippen LogP contribution is 2.24. The lowest BCUT2D eigenvalue weighted by Crippen LogP contribution is -2.13. The van der Waals surface area contributed by atoms with Gasteiger partial charge in [0.1, 0.15) is 36.4 Å². The van der Waals surface area contributed by atoms with E-state index in [1.165, 1.54) is 11.6 Å². The number of halogens is 1. The zero-order valence-electron chi connectivity index (χ0n) is 20.3. The molecule has 0 aliphatic rings. The largest absolute Gasteiger partial charge is 0.489 e. The van der Waals surface area contributed by atoms with Crippen LogP contribution < -0.4 is 14.8 Å². The average molecular weight is 553 g/mol. The van der Waals surface area contributed by atoms with Crippen LogP contribution in [0, 0.1) is 18.3 Å². The number of benzene rings is 4. The molecule has 0 bridgehead atoms. The first-order valence-corrected chi connectivity index (χ1v) is 12.5. The number of amides is 1. The molecule has 5 nitrogen and oxygen atoms in total. The number of carbonyl (C=O) groups is 1. The van der Waals surface area contributed by atoms with Crippen molar-refractivity contribution in [1.82, 2.24) is 0 Å². The number of rotatable bonds is 9. The molecule has 4 rings (SSSR count). The lowest BCUT2D eigenvalue weighted by Gasteiger charge is -2.10. The number of ether oxygens (including phenoxy) is 2. The maximum Gasteiger partial charge on any atom is 0.266 e. The SMILES string of the molecule is Cc1ccc(COc2ccc(NC(=O)/C(C#N)=C/c3ccccc3OCc3ccc(Br)cc3)cc2)cc1. The van der Waals surface area contributed by atoms with Crippen LogP contribution in [-0.4, -0.2) is 5.91 Å². The summed E-state index contributed by atoms with van der Waals surface area (Å²) in [4.78, 5) is 12.8. The number of hydrogen-bond acceptors (Lipinski definition) is 4. The summed E-state index contributed by atoms with van der Waals surface area (Å²) in [6.45, 7) is 2.86. The van der Waals surface area contributed by atoms with Gasteiger partial charge in [0.15, 0.2) is 0 Å². The minimum atomic E-state index is -0.501. The molecule has 0 unspecified atom stereocenters. The predicted octanol–water partition coefficient (Wildman–Crippen LogP) is 7.46. The molecule has 6 heteroatoms. The number of nitriles is 1. The van der Waals surface area contributed by atoms with E-state index in [0.29, 0.717) is 36.0 Å². The molecule has 0 fully saturated rings. The van der Waals surface area contributed by atoms with E-state index in [2.05, 4.69) is 21.2 Å². The Labute approximate surface area is 225 Å². The van der Waals surface area contributed by atoms with Crippen molar-refractivity contribution in [2.24, 2.45) is 0 Å². The molecule has 0 atom stereocenters. The van der Waals surface area contributed by atoms with E-state index in [1.807, 2.05) is 85.8 Å². The monoisotopic (exact) mass is 552 g/mol. The summed E-state index contributed by atoms with van der Waals surface area (Å²) >= 11 is 3.42. The van der Waals surface area contributed by atoms with E-state index >= 15 is 0 Å². The molecule has 4 aromatic rings. The van der Waals surface area contributed by atoms with E-state index in [4.69, 9.17) is 9.47 Å². The first kappa shape index (κ1) is 25.7. The summed E-state index contributed by atoms with van der Waals surface area (Å²) < 4.78 is 12.8.